The molecule has 0 radical (unpaired) electrons. The summed E-state index contributed by atoms with van der Waals surface area (Å²) in [6.45, 7) is 14.4. The van der Waals surface area contributed by atoms with Crippen molar-refractivity contribution in [3.63, 3.8) is 0 Å². The number of carbonyl (C=O) groups is 2. The average Bonchev–Trinajstić information content (AvgIpc) is 2.62. The highest BCUT2D eigenvalue weighted by atomic mass is 16.5. The zero-order valence-corrected chi connectivity index (χ0v) is 17.2. The highest BCUT2D eigenvalue weighted by Crippen LogP contribution is 2.50. The molecule has 0 heterocycles. The van der Waals surface area contributed by atoms with E-state index in [-0.39, 0.29) is 35.1 Å². The molecule has 0 amide bonds. The van der Waals surface area contributed by atoms with Crippen LogP contribution in [-0.2, 0) is 14.3 Å². The first kappa shape index (κ1) is 21.1. The third-order valence-electron chi connectivity index (χ3n) is 6.17. The Bertz CT molecular complexity index is 722. The highest BCUT2D eigenvalue weighted by Gasteiger charge is 2.46. The SMILES string of the molecule is C=C(C)C1C[C@@]2(C)C(=CC1=O)C=C[C@H](OC(=O)/C=C/C=C/[C@@H](C)CC)[C@@H]2C. The molecule has 0 fully saturated rings. The minimum absolute atomic E-state index is 0.0803. The van der Waals surface area contributed by atoms with Crippen LogP contribution in [0.25, 0.3) is 0 Å². The normalized spacial score (nSPS) is 31.7. The fraction of sp³-hybridized carbons (Fsp3) is 0.500. The molecular formula is C24H32O3. The first-order chi connectivity index (χ1) is 12.7. The predicted octanol–water partition coefficient (Wildman–Crippen LogP) is 5.36. The standard InChI is InChI=1S/C24H32O3/c1-7-17(4)10-8-9-11-23(26)27-22-13-12-19-14-21(25)20(16(2)3)15-24(19,6)18(22)5/h8-14,17-18,20,22H,2,7,15H2,1,3-6H3/b10-8+,11-9+/t17-,18-,20?,22-,24+/m0/s1. The van der Waals surface area contributed by atoms with Crippen LogP contribution in [-0.4, -0.2) is 17.9 Å². The lowest BCUT2D eigenvalue weighted by atomic mass is 9.59. The molecule has 1 unspecified atom stereocenters. The van der Waals surface area contributed by atoms with Gasteiger partial charge >= 0.3 is 5.97 Å². The minimum atomic E-state index is -0.343. The van der Waals surface area contributed by atoms with E-state index in [0.29, 0.717) is 12.3 Å². The van der Waals surface area contributed by atoms with E-state index in [2.05, 4.69) is 40.3 Å². The first-order valence-corrected chi connectivity index (χ1v) is 9.84. The number of hydrogen-bond donors (Lipinski definition) is 0. The summed E-state index contributed by atoms with van der Waals surface area (Å²) >= 11 is 0. The van der Waals surface area contributed by atoms with E-state index in [9.17, 15) is 9.59 Å². The topological polar surface area (TPSA) is 43.4 Å². The number of esters is 1. The van der Waals surface area contributed by atoms with Gasteiger partial charge in [-0.15, -0.1) is 0 Å². The zero-order chi connectivity index (χ0) is 20.2. The summed E-state index contributed by atoms with van der Waals surface area (Å²) in [4.78, 5) is 24.5. The number of ketones is 1. The van der Waals surface area contributed by atoms with Gasteiger partial charge in [-0.3, -0.25) is 4.79 Å². The first-order valence-electron chi connectivity index (χ1n) is 9.84. The Kier molecular flexibility index (Phi) is 6.80. The molecule has 0 aromatic heterocycles. The van der Waals surface area contributed by atoms with Crippen LogP contribution in [0.4, 0.5) is 0 Å². The fourth-order valence-corrected chi connectivity index (χ4v) is 3.73. The highest BCUT2D eigenvalue weighted by molar-refractivity contribution is 5.96. The monoisotopic (exact) mass is 368 g/mol. The van der Waals surface area contributed by atoms with Crippen LogP contribution >= 0.6 is 0 Å². The number of rotatable bonds is 6. The maximum absolute atomic E-state index is 12.3. The van der Waals surface area contributed by atoms with Crippen LogP contribution in [0.5, 0.6) is 0 Å². The summed E-state index contributed by atoms with van der Waals surface area (Å²) in [6, 6.07) is 0. The summed E-state index contributed by atoms with van der Waals surface area (Å²) in [5, 5.41) is 0. The van der Waals surface area contributed by atoms with Crippen molar-refractivity contribution < 1.29 is 14.3 Å². The number of carbonyl (C=O) groups excluding carboxylic acids is 2. The predicted molar refractivity (Wildman–Crippen MR) is 110 cm³/mol. The molecule has 0 saturated heterocycles. The molecular weight excluding hydrogens is 336 g/mol. The molecule has 5 atom stereocenters. The fourth-order valence-electron chi connectivity index (χ4n) is 3.73. The maximum Gasteiger partial charge on any atom is 0.331 e. The second-order valence-corrected chi connectivity index (χ2v) is 8.20. The number of ether oxygens (including phenoxy) is 1. The van der Waals surface area contributed by atoms with Gasteiger partial charge in [0, 0.05) is 23.3 Å². The lowest BCUT2D eigenvalue weighted by molar-refractivity contribution is -0.145. The largest absolute Gasteiger partial charge is 0.455 e. The molecule has 0 aromatic carbocycles. The lowest BCUT2D eigenvalue weighted by Crippen LogP contribution is -2.44. The molecule has 0 N–H and O–H groups in total. The van der Waals surface area contributed by atoms with Crippen LogP contribution in [0.2, 0.25) is 0 Å². The molecule has 3 nitrogen and oxygen atoms in total. The van der Waals surface area contributed by atoms with Gasteiger partial charge in [-0.25, -0.2) is 4.79 Å². The molecule has 2 aliphatic carbocycles. The summed E-state index contributed by atoms with van der Waals surface area (Å²) in [5.74, 6) is 0.196. The number of hydrogen-bond acceptors (Lipinski definition) is 3. The van der Waals surface area contributed by atoms with Crippen LogP contribution in [0.1, 0.15) is 47.5 Å². The van der Waals surface area contributed by atoms with Gasteiger partial charge < -0.3 is 4.74 Å². The van der Waals surface area contributed by atoms with Crippen molar-refractivity contribution >= 4 is 11.8 Å². The molecule has 0 saturated carbocycles. The van der Waals surface area contributed by atoms with E-state index in [4.69, 9.17) is 4.74 Å². The Hall–Kier alpha value is -2.16. The second kappa shape index (κ2) is 8.69. The molecule has 0 bridgehead atoms. The van der Waals surface area contributed by atoms with E-state index in [1.807, 2.05) is 25.2 Å². The zero-order valence-electron chi connectivity index (χ0n) is 17.2. The number of allylic oxidation sites excluding steroid dienone is 7. The third kappa shape index (κ3) is 4.77. The molecule has 27 heavy (non-hydrogen) atoms. The Morgan fingerprint density at radius 2 is 2.15 bits per heavy atom. The minimum Gasteiger partial charge on any atom is -0.455 e. The Morgan fingerprint density at radius 1 is 1.44 bits per heavy atom. The van der Waals surface area contributed by atoms with Gasteiger partial charge in [-0.2, -0.15) is 0 Å². The summed E-state index contributed by atoms with van der Waals surface area (Å²) < 4.78 is 5.69. The Labute approximate surface area is 163 Å². The molecule has 0 spiro atoms. The Balaban J connectivity index is 2.10. The molecule has 2 rings (SSSR count). The summed E-state index contributed by atoms with van der Waals surface area (Å²) in [6.07, 6.45) is 14.2. The van der Waals surface area contributed by atoms with E-state index in [1.165, 1.54) is 6.08 Å². The van der Waals surface area contributed by atoms with E-state index in [0.717, 1.165) is 17.6 Å². The van der Waals surface area contributed by atoms with Crippen molar-refractivity contribution in [2.75, 3.05) is 0 Å². The smallest absolute Gasteiger partial charge is 0.331 e. The quantitative estimate of drug-likeness (QED) is 0.274. The van der Waals surface area contributed by atoms with Gasteiger partial charge in [-0.05, 0) is 37.0 Å². The van der Waals surface area contributed by atoms with E-state index in [1.54, 1.807) is 12.2 Å². The van der Waals surface area contributed by atoms with Gasteiger partial charge in [0.1, 0.15) is 6.10 Å². The van der Waals surface area contributed by atoms with Crippen molar-refractivity contribution in [1.29, 1.82) is 0 Å². The van der Waals surface area contributed by atoms with Gasteiger partial charge in [0.15, 0.2) is 5.78 Å². The summed E-state index contributed by atoms with van der Waals surface area (Å²) in [7, 11) is 0. The van der Waals surface area contributed by atoms with Crippen LogP contribution < -0.4 is 0 Å². The van der Waals surface area contributed by atoms with Crippen LogP contribution in [0, 0.1) is 23.2 Å². The molecule has 3 heteroatoms. The van der Waals surface area contributed by atoms with Gasteiger partial charge in [-0.1, -0.05) is 70.6 Å². The third-order valence-corrected chi connectivity index (χ3v) is 6.17. The van der Waals surface area contributed by atoms with Gasteiger partial charge in [0.05, 0.1) is 0 Å². The summed E-state index contributed by atoms with van der Waals surface area (Å²) in [5.41, 5.74) is 1.71. The Morgan fingerprint density at radius 3 is 2.78 bits per heavy atom. The van der Waals surface area contributed by atoms with Crippen LogP contribution in [0.15, 0.2) is 60.3 Å². The van der Waals surface area contributed by atoms with Gasteiger partial charge in [0.25, 0.3) is 0 Å². The lowest BCUT2D eigenvalue weighted by Gasteiger charge is -2.46. The molecule has 146 valence electrons. The van der Waals surface area contributed by atoms with Crippen LogP contribution in [0.3, 0.4) is 0 Å². The van der Waals surface area contributed by atoms with E-state index < -0.39 is 0 Å². The van der Waals surface area contributed by atoms with Crippen molar-refractivity contribution in [1.82, 2.24) is 0 Å². The second-order valence-electron chi connectivity index (χ2n) is 8.20. The maximum atomic E-state index is 12.3. The van der Waals surface area contributed by atoms with Crippen molar-refractivity contribution in [2.24, 2.45) is 23.2 Å². The average molecular weight is 369 g/mol. The number of fused-ring (bicyclic) bond motifs is 1. The van der Waals surface area contributed by atoms with Crippen molar-refractivity contribution in [2.45, 2.75) is 53.6 Å². The van der Waals surface area contributed by atoms with Crippen molar-refractivity contribution in [3.8, 4) is 0 Å². The van der Waals surface area contributed by atoms with Gasteiger partial charge in [0.2, 0.25) is 0 Å². The van der Waals surface area contributed by atoms with Crippen molar-refractivity contribution in [3.05, 3.63) is 60.3 Å². The van der Waals surface area contributed by atoms with E-state index >= 15 is 0 Å². The molecule has 0 aliphatic heterocycles. The molecule has 2 aliphatic rings. The molecule has 0 aromatic rings.